The number of rotatable bonds is 3. The maximum atomic E-state index is 9.06. The summed E-state index contributed by atoms with van der Waals surface area (Å²) in [6.07, 6.45) is 7.79. The van der Waals surface area contributed by atoms with Gasteiger partial charge in [-0.2, -0.15) is 0 Å². The highest BCUT2D eigenvalue weighted by Gasteiger charge is 2.26. The lowest BCUT2D eigenvalue weighted by Crippen LogP contribution is -2.18. The van der Waals surface area contributed by atoms with Crippen LogP contribution in [0.4, 0.5) is 10.8 Å². The Kier molecular flexibility index (Phi) is 4.71. The highest BCUT2D eigenvalue weighted by molar-refractivity contribution is 7.16. The van der Waals surface area contributed by atoms with Crippen LogP contribution in [0.1, 0.15) is 40.5 Å². The minimum Gasteiger partial charge on any atom is -0.390 e. The number of nitriles is 1. The maximum Gasteiger partial charge on any atom is 0.267 e. The van der Waals surface area contributed by atoms with Crippen LogP contribution in [0.3, 0.4) is 0 Å². The van der Waals surface area contributed by atoms with Crippen molar-refractivity contribution in [1.29, 1.82) is 5.26 Å². The van der Waals surface area contributed by atoms with E-state index in [-0.39, 0.29) is 6.71 Å². The lowest BCUT2D eigenvalue weighted by molar-refractivity contribution is 0.621. The Morgan fingerprint density at radius 2 is 2.15 bits per heavy atom. The van der Waals surface area contributed by atoms with E-state index in [0.717, 1.165) is 53.0 Å². The number of nitrogens with two attached hydrogens (primary N) is 1. The number of nitrogens with zero attached hydrogens (tertiary/aromatic N) is 5. The number of hydrogen-bond acceptors (Lipinski definition) is 6. The number of anilines is 1. The van der Waals surface area contributed by atoms with E-state index >= 15 is 0 Å². The number of aromatic nitrogens is 3. The minimum atomic E-state index is 0.218. The van der Waals surface area contributed by atoms with Gasteiger partial charge in [0.2, 0.25) is 0 Å². The Morgan fingerprint density at radius 1 is 1.37 bits per heavy atom. The highest BCUT2D eigenvalue weighted by Crippen LogP contribution is 2.39. The molecule has 1 saturated heterocycles. The van der Waals surface area contributed by atoms with E-state index in [2.05, 4.69) is 27.1 Å². The van der Waals surface area contributed by atoms with Crippen LogP contribution >= 0.6 is 11.3 Å². The van der Waals surface area contributed by atoms with E-state index in [1.807, 2.05) is 26.1 Å². The maximum absolute atomic E-state index is 9.06. The Bertz CT molecular complexity index is 1050. The van der Waals surface area contributed by atoms with Crippen LogP contribution in [0, 0.1) is 25.1 Å². The summed E-state index contributed by atoms with van der Waals surface area (Å²) in [7, 11) is 0. The van der Waals surface area contributed by atoms with Crippen molar-refractivity contribution in [3.8, 4) is 5.97 Å². The molecule has 27 heavy (non-hydrogen) atoms. The van der Waals surface area contributed by atoms with Crippen molar-refractivity contribution < 1.29 is 0 Å². The molecular formula is C19H21BN6S. The van der Waals surface area contributed by atoms with Gasteiger partial charge < -0.3 is 5.73 Å². The third-order valence-electron chi connectivity index (χ3n) is 5.17. The Hall–Kier alpha value is -2.66. The summed E-state index contributed by atoms with van der Waals surface area (Å²) in [6, 6.07) is 4.08. The molecule has 2 N–H and O–H groups in total. The number of thiophene rings is 1. The molecule has 6 nitrogen and oxygen atoms in total. The van der Waals surface area contributed by atoms with Crippen LogP contribution in [-0.2, 0) is 0 Å². The summed E-state index contributed by atoms with van der Waals surface area (Å²) in [5.41, 5.74) is 10.0. The second-order valence-electron chi connectivity index (χ2n) is 7.24. The van der Waals surface area contributed by atoms with E-state index < -0.39 is 0 Å². The van der Waals surface area contributed by atoms with Gasteiger partial charge in [0.05, 0.1) is 16.9 Å². The Morgan fingerprint density at radius 3 is 2.89 bits per heavy atom. The van der Waals surface area contributed by atoms with Crippen molar-refractivity contribution in [2.45, 2.75) is 45.2 Å². The summed E-state index contributed by atoms with van der Waals surface area (Å²) < 4.78 is 1.77. The first-order valence-electron chi connectivity index (χ1n) is 9.20. The summed E-state index contributed by atoms with van der Waals surface area (Å²) in [6.45, 7) is 4.18. The molecule has 0 aliphatic carbocycles. The second-order valence-corrected chi connectivity index (χ2v) is 8.36. The molecule has 0 radical (unpaired) electrons. The predicted molar refractivity (Wildman–Crippen MR) is 111 cm³/mol. The van der Waals surface area contributed by atoms with Gasteiger partial charge in [-0.05, 0) is 37.5 Å². The molecule has 0 amide bonds. The Labute approximate surface area is 162 Å². The van der Waals surface area contributed by atoms with Crippen molar-refractivity contribution >= 4 is 40.7 Å². The smallest absolute Gasteiger partial charge is 0.267 e. The van der Waals surface area contributed by atoms with E-state index in [4.69, 9.17) is 11.0 Å². The van der Waals surface area contributed by atoms with Crippen LogP contribution in [0.5, 0.6) is 0 Å². The molecule has 1 aliphatic heterocycles. The summed E-state index contributed by atoms with van der Waals surface area (Å²) in [4.78, 5) is 10.3. The molecule has 0 saturated carbocycles. The average Bonchev–Trinajstić information content (AvgIpc) is 3.22. The minimum absolute atomic E-state index is 0.218. The summed E-state index contributed by atoms with van der Waals surface area (Å²) in [5, 5.41) is 14.4. The standard InChI is InChI=1S/C19H21BN6S/c1-12-7-17(25-26-10-13(2)24-19(12)26)23-9-15-8-16(27-18(15)22)14-3-5-20(11-21)6-4-14/h7-10,14H,3-6,22H2,1-2H3. The van der Waals surface area contributed by atoms with Crippen LogP contribution < -0.4 is 5.73 Å². The van der Waals surface area contributed by atoms with Crippen molar-refractivity contribution in [1.82, 2.24) is 14.6 Å². The first-order valence-corrected chi connectivity index (χ1v) is 10.0. The fourth-order valence-corrected chi connectivity index (χ4v) is 4.75. The monoisotopic (exact) mass is 376 g/mol. The lowest BCUT2D eigenvalue weighted by Gasteiger charge is -2.21. The van der Waals surface area contributed by atoms with E-state index in [1.54, 1.807) is 22.1 Å². The van der Waals surface area contributed by atoms with Crippen molar-refractivity contribution in [3.63, 3.8) is 0 Å². The average molecular weight is 376 g/mol. The molecule has 0 spiro atoms. The fraction of sp³-hybridized carbons (Fsp3) is 0.368. The predicted octanol–water partition coefficient (Wildman–Crippen LogP) is 4.18. The SMILES string of the molecule is Cc1cn2nc(N=Cc3cc(C4CCB(C#N)CC4)sc3N)cc(C)c2n1. The van der Waals surface area contributed by atoms with Crippen molar-refractivity contribution in [2.75, 3.05) is 5.73 Å². The first-order chi connectivity index (χ1) is 13.0. The van der Waals surface area contributed by atoms with E-state index in [1.165, 1.54) is 4.88 Å². The van der Waals surface area contributed by atoms with Crippen LogP contribution in [-0.4, -0.2) is 27.5 Å². The molecule has 8 heteroatoms. The van der Waals surface area contributed by atoms with Crippen molar-refractivity contribution in [2.24, 2.45) is 4.99 Å². The zero-order valence-corrected chi connectivity index (χ0v) is 16.3. The molecule has 4 heterocycles. The number of aryl methyl sites for hydroxylation is 2. The molecule has 4 rings (SSSR count). The molecule has 3 aromatic heterocycles. The van der Waals surface area contributed by atoms with E-state index in [9.17, 15) is 0 Å². The molecule has 0 atom stereocenters. The number of hydrogen-bond donors (Lipinski definition) is 1. The number of imidazole rings is 1. The summed E-state index contributed by atoms with van der Waals surface area (Å²) in [5.74, 6) is 3.54. The zero-order chi connectivity index (χ0) is 19.0. The molecule has 136 valence electrons. The number of fused-ring (bicyclic) bond motifs is 1. The lowest BCUT2D eigenvalue weighted by atomic mass is 9.42. The topological polar surface area (TPSA) is 92.4 Å². The van der Waals surface area contributed by atoms with Crippen LogP contribution in [0.15, 0.2) is 23.3 Å². The van der Waals surface area contributed by atoms with E-state index in [0.29, 0.717) is 11.7 Å². The van der Waals surface area contributed by atoms with Gasteiger partial charge in [0.15, 0.2) is 11.5 Å². The molecular weight excluding hydrogens is 355 g/mol. The number of aliphatic imine (C=N–C) groups is 1. The van der Waals surface area contributed by atoms with Crippen molar-refractivity contribution in [3.05, 3.63) is 40.0 Å². The van der Waals surface area contributed by atoms with Gasteiger partial charge in [0.25, 0.3) is 6.71 Å². The molecule has 0 unspecified atom stereocenters. The molecule has 0 bridgehead atoms. The third kappa shape index (κ3) is 3.60. The highest BCUT2D eigenvalue weighted by atomic mass is 32.1. The quantitative estimate of drug-likeness (QED) is 0.548. The normalized spacial score (nSPS) is 15.7. The molecule has 1 aliphatic rings. The molecule has 3 aromatic rings. The van der Waals surface area contributed by atoms with Gasteiger partial charge >= 0.3 is 0 Å². The summed E-state index contributed by atoms with van der Waals surface area (Å²) >= 11 is 1.64. The van der Waals surface area contributed by atoms with Crippen LogP contribution in [0.25, 0.3) is 5.65 Å². The number of nitrogen functional groups attached to an aromatic ring is 1. The van der Waals surface area contributed by atoms with Gasteiger partial charge in [-0.3, -0.25) is 0 Å². The van der Waals surface area contributed by atoms with Gasteiger partial charge in [0, 0.05) is 22.6 Å². The molecule has 0 aromatic carbocycles. The van der Waals surface area contributed by atoms with Gasteiger partial charge in [-0.25, -0.2) is 19.8 Å². The zero-order valence-electron chi connectivity index (χ0n) is 15.5. The Balaban J connectivity index is 1.55. The fourth-order valence-electron chi connectivity index (χ4n) is 3.68. The van der Waals surface area contributed by atoms with Gasteiger partial charge in [-0.15, -0.1) is 16.4 Å². The first kappa shape index (κ1) is 17.7. The molecule has 1 fully saturated rings. The van der Waals surface area contributed by atoms with Gasteiger partial charge in [-0.1, -0.05) is 25.5 Å². The third-order valence-corrected chi connectivity index (χ3v) is 6.32. The van der Waals surface area contributed by atoms with Gasteiger partial charge in [0.1, 0.15) is 0 Å². The largest absolute Gasteiger partial charge is 0.390 e. The van der Waals surface area contributed by atoms with Crippen LogP contribution in [0.2, 0.25) is 12.6 Å². The second kappa shape index (κ2) is 7.16.